The second-order valence-corrected chi connectivity index (χ2v) is 9.64. The van der Waals surface area contributed by atoms with Crippen LogP contribution in [-0.4, -0.2) is 40.0 Å². The lowest BCUT2D eigenvalue weighted by molar-refractivity contribution is 0.202. The highest BCUT2D eigenvalue weighted by Gasteiger charge is 2.37. The molecular weight excluding hydrogens is 377 g/mol. The zero-order chi connectivity index (χ0) is 20.9. The fourth-order valence-corrected chi connectivity index (χ4v) is 4.92. The van der Waals surface area contributed by atoms with Gasteiger partial charge in [-0.25, -0.2) is 0 Å². The van der Waals surface area contributed by atoms with E-state index >= 15 is 0 Å². The summed E-state index contributed by atoms with van der Waals surface area (Å²) in [5.74, 6) is -0.160. The topological polar surface area (TPSA) is 68.2 Å². The number of ether oxygens (including phenoxy) is 2. The molecule has 0 unspecified atom stereocenters. The fourth-order valence-electron chi connectivity index (χ4n) is 2.71. The van der Waals surface area contributed by atoms with Gasteiger partial charge in [-0.2, -0.15) is 0 Å². The largest absolute Gasteiger partial charge is 0.493 e. The maximum absolute atomic E-state index is 13.9. The minimum absolute atomic E-state index is 0.173. The number of hydrogen-bond donors (Lipinski definition) is 1. The van der Waals surface area contributed by atoms with Crippen molar-refractivity contribution in [2.24, 2.45) is 5.92 Å². The Kier molecular flexibility index (Phi) is 7.53. The van der Waals surface area contributed by atoms with Crippen molar-refractivity contribution in [3.8, 4) is 11.5 Å². The Morgan fingerprint density at radius 1 is 1.00 bits per heavy atom. The molecule has 2 aromatic carbocycles. The molecule has 0 aliphatic rings. The second-order valence-electron chi connectivity index (χ2n) is 7.19. The number of nitrogens with zero attached hydrogens (tertiary/aromatic N) is 1. The first-order chi connectivity index (χ1) is 13.2. The predicted octanol–water partition coefficient (Wildman–Crippen LogP) is 4.04. The van der Waals surface area contributed by atoms with Gasteiger partial charge >= 0.3 is 0 Å². The number of benzene rings is 2. The molecule has 0 heterocycles. The Morgan fingerprint density at radius 3 is 2.11 bits per heavy atom. The Labute approximate surface area is 167 Å². The molecule has 0 spiro atoms. The molecule has 2 aromatic rings. The molecule has 0 saturated heterocycles. The van der Waals surface area contributed by atoms with Crippen molar-refractivity contribution in [2.45, 2.75) is 19.7 Å². The van der Waals surface area contributed by atoms with Crippen LogP contribution in [0.1, 0.15) is 25.3 Å². The van der Waals surface area contributed by atoms with Crippen molar-refractivity contribution in [3.05, 3.63) is 48.0 Å². The van der Waals surface area contributed by atoms with Crippen molar-refractivity contribution in [2.75, 3.05) is 39.8 Å². The average Bonchev–Trinajstić information content (AvgIpc) is 2.70. The summed E-state index contributed by atoms with van der Waals surface area (Å²) in [5.41, 5.74) is 1.42. The summed E-state index contributed by atoms with van der Waals surface area (Å²) in [6, 6.07) is 12.2. The molecule has 2 atom stereocenters. The van der Waals surface area contributed by atoms with Crippen LogP contribution in [-0.2, 0) is 9.09 Å². The summed E-state index contributed by atoms with van der Waals surface area (Å²) >= 11 is 0. The third kappa shape index (κ3) is 4.88. The maximum Gasteiger partial charge on any atom is 0.264 e. The van der Waals surface area contributed by atoms with Crippen LogP contribution in [0.25, 0.3) is 0 Å². The van der Waals surface area contributed by atoms with E-state index in [2.05, 4.69) is 0 Å². The third-order valence-corrected chi connectivity index (χ3v) is 6.85. The zero-order valence-electron chi connectivity index (χ0n) is 17.4. The Balaban J connectivity index is 2.48. The standard InChI is InChI=1S/C21H30NO5P/c1-15(2)14-27-28(24,18-10-8-17(9-11-18)22(3)4)21(23)16-7-12-19(25-5)20(13-16)26-6/h7-13,15,21,23H,14H2,1-6H3/t21-,28+/m0/s1. The van der Waals surface area contributed by atoms with Crippen LogP contribution in [0.2, 0.25) is 0 Å². The van der Waals surface area contributed by atoms with Gasteiger partial charge in [0.25, 0.3) is 7.37 Å². The van der Waals surface area contributed by atoms with Gasteiger partial charge < -0.3 is 24.0 Å². The number of anilines is 1. The normalized spacial score (nSPS) is 14.4. The molecule has 2 rings (SSSR count). The van der Waals surface area contributed by atoms with E-state index in [0.29, 0.717) is 22.4 Å². The lowest BCUT2D eigenvalue weighted by Crippen LogP contribution is -2.17. The molecule has 0 aromatic heterocycles. The molecule has 154 valence electrons. The van der Waals surface area contributed by atoms with Crippen LogP contribution in [0.4, 0.5) is 5.69 Å². The van der Waals surface area contributed by atoms with Gasteiger partial charge in [0.05, 0.1) is 20.8 Å². The Bertz CT molecular complexity index is 820. The monoisotopic (exact) mass is 407 g/mol. The number of hydrogen-bond acceptors (Lipinski definition) is 6. The van der Waals surface area contributed by atoms with Gasteiger partial charge in [0.1, 0.15) is 0 Å². The van der Waals surface area contributed by atoms with Crippen molar-refractivity contribution in [3.63, 3.8) is 0 Å². The summed E-state index contributed by atoms with van der Waals surface area (Å²) < 4.78 is 30.3. The van der Waals surface area contributed by atoms with E-state index in [-0.39, 0.29) is 12.5 Å². The highest BCUT2D eigenvalue weighted by molar-refractivity contribution is 7.67. The molecule has 1 N–H and O–H groups in total. The quantitative estimate of drug-likeness (QED) is 0.633. The van der Waals surface area contributed by atoms with E-state index in [4.69, 9.17) is 14.0 Å². The van der Waals surface area contributed by atoms with Gasteiger partial charge in [0, 0.05) is 25.1 Å². The summed E-state index contributed by atoms with van der Waals surface area (Å²) in [7, 11) is 3.32. The number of methoxy groups -OCH3 is 2. The first kappa shape index (κ1) is 22.3. The molecule has 0 amide bonds. The van der Waals surface area contributed by atoms with E-state index < -0.39 is 13.2 Å². The molecule has 6 nitrogen and oxygen atoms in total. The SMILES string of the molecule is COc1ccc([C@@H](O)[P@](=O)(OCC(C)C)c2ccc(N(C)C)cc2)cc1OC. The van der Waals surface area contributed by atoms with E-state index in [1.165, 1.54) is 14.2 Å². The molecule has 7 heteroatoms. The number of rotatable bonds is 9. The number of aliphatic hydroxyl groups excluding tert-OH is 1. The van der Waals surface area contributed by atoms with Crippen LogP contribution in [0.15, 0.2) is 42.5 Å². The average molecular weight is 407 g/mol. The predicted molar refractivity (Wildman–Crippen MR) is 113 cm³/mol. The summed E-state index contributed by atoms with van der Waals surface area (Å²) in [6.07, 6.45) is 0. The van der Waals surface area contributed by atoms with Gasteiger partial charge in [0.2, 0.25) is 0 Å². The first-order valence-electron chi connectivity index (χ1n) is 9.15. The Hall–Kier alpha value is -2.01. The zero-order valence-corrected chi connectivity index (χ0v) is 18.3. The first-order valence-corrected chi connectivity index (χ1v) is 10.8. The van der Waals surface area contributed by atoms with E-state index in [9.17, 15) is 9.67 Å². The van der Waals surface area contributed by atoms with Crippen LogP contribution in [0, 0.1) is 5.92 Å². The lowest BCUT2D eigenvalue weighted by Gasteiger charge is -2.26. The van der Waals surface area contributed by atoms with Crippen LogP contribution in [0.5, 0.6) is 11.5 Å². The molecule has 0 fully saturated rings. The highest BCUT2D eigenvalue weighted by atomic mass is 31.2. The van der Waals surface area contributed by atoms with Gasteiger partial charge in [-0.1, -0.05) is 19.9 Å². The number of aliphatic hydroxyl groups is 1. The molecular formula is C21H30NO5P. The minimum atomic E-state index is -3.60. The lowest BCUT2D eigenvalue weighted by atomic mass is 10.2. The smallest absolute Gasteiger partial charge is 0.264 e. The minimum Gasteiger partial charge on any atom is -0.493 e. The Morgan fingerprint density at radius 2 is 1.61 bits per heavy atom. The van der Waals surface area contributed by atoms with Crippen molar-refractivity contribution in [1.29, 1.82) is 0 Å². The van der Waals surface area contributed by atoms with Crippen LogP contribution >= 0.6 is 7.37 Å². The van der Waals surface area contributed by atoms with Crippen molar-refractivity contribution >= 4 is 18.4 Å². The van der Waals surface area contributed by atoms with E-state index in [1.807, 2.05) is 45.0 Å². The van der Waals surface area contributed by atoms with Gasteiger partial charge in [-0.15, -0.1) is 0 Å². The fraction of sp³-hybridized carbons (Fsp3) is 0.429. The molecule has 0 bridgehead atoms. The van der Waals surface area contributed by atoms with E-state index in [0.717, 1.165) is 5.69 Å². The van der Waals surface area contributed by atoms with Gasteiger partial charge in [-0.3, -0.25) is 4.57 Å². The molecule has 28 heavy (non-hydrogen) atoms. The molecule has 0 saturated carbocycles. The maximum atomic E-state index is 13.9. The highest BCUT2D eigenvalue weighted by Crippen LogP contribution is 2.58. The summed E-state index contributed by atoms with van der Waals surface area (Å²) in [6.45, 7) is 4.22. The molecule has 0 aliphatic heterocycles. The van der Waals surface area contributed by atoms with Gasteiger partial charge in [-0.05, 0) is 47.9 Å². The summed E-state index contributed by atoms with van der Waals surface area (Å²) in [4.78, 5) is 1.95. The van der Waals surface area contributed by atoms with Crippen LogP contribution in [0.3, 0.4) is 0 Å². The van der Waals surface area contributed by atoms with Crippen molar-refractivity contribution in [1.82, 2.24) is 0 Å². The van der Waals surface area contributed by atoms with Crippen molar-refractivity contribution < 1.29 is 23.7 Å². The second kappa shape index (κ2) is 9.46. The third-order valence-electron chi connectivity index (χ3n) is 4.35. The molecule has 0 aliphatic carbocycles. The van der Waals surface area contributed by atoms with Gasteiger partial charge in [0.15, 0.2) is 17.3 Å². The van der Waals surface area contributed by atoms with Crippen LogP contribution < -0.4 is 19.7 Å². The molecule has 0 radical (unpaired) electrons. The van der Waals surface area contributed by atoms with E-state index in [1.54, 1.807) is 30.3 Å². The summed E-state index contributed by atoms with van der Waals surface area (Å²) in [5, 5.41) is 11.5.